The normalized spacial score (nSPS) is 8.27. The Hall–Kier alpha value is -2.37. The van der Waals surface area contributed by atoms with Crippen LogP contribution in [-0.2, 0) is 4.79 Å². The van der Waals surface area contributed by atoms with E-state index in [4.69, 9.17) is 5.11 Å². The quantitative estimate of drug-likeness (QED) is 0.666. The maximum absolute atomic E-state index is 10.7. The minimum atomic E-state index is -0.981. The molecular weight excluding hydrogens is 200 g/mol. The number of carbonyl (C=O) groups is 1. The van der Waals surface area contributed by atoms with Crippen LogP contribution in [0.1, 0.15) is 0 Å². The molecule has 0 saturated heterocycles. The molecule has 0 radical (unpaired) electrons. The van der Waals surface area contributed by atoms with E-state index in [1.807, 2.05) is 0 Å². The summed E-state index contributed by atoms with van der Waals surface area (Å²) in [6.45, 7) is 6.32. The van der Waals surface area contributed by atoms with E-state index < -0.39 is 17.2 Å². The van der Waals surface area contributed by atoms with E-state index in [1.54, 1.807) is 0 Å². The monoisotopic (exact) mass is 210 g/mol. The number of rotatable bonds is 2. The molecule has 0 saturated carbocycles. The topological polar surface area (TPSA) is 92.2 Å². The van der Waals surface area contributed by atoms with Crippen molar-refractivity contribution < 1.29 is 9.90 Å². The van der Waals surface area contributed by atoms with Crippen molar-refractivity contribution >= 4 is 12.2 Å². The number of H-pyrrole nitrogens is 1. The lowest BCUT2D eigenvalue weighted by molar-refractivity contribution is -0.131. The van der Waals surface area contributed by atoms with E-state index in [1.165, 1.54) is 23.0 Å². The molecule has 1 aromatic heterocycles. The number of aliphatic carboxylic acids is 1. The number of aromatic amines is 1. The third kappa shape index (κ3) is 5.04. The minimum Gasteiger partial charge on any atom is -0.478 e. The van der Waals surface area contributed by atoms with E-state index in [9.17, 15) is 14.4 Å². The molecule has 0 fully saturated rings. The second-order valence-corrected chi connectivity index (χ2v) is 2.24. The molecule has 0 spiro atoms. The average molecular weight is 210 g/mol. The van der Waals surface area contributed by atoms with Gasteiger partial charge in [0.1, 0.15) is 0 Å². The van der Waals surface area contributed by atoms with Gasteiger partial charge in [0.25, 0.3) is 5.56 Å². The number of carboxylic acids is 1. The number of nitrogens with one attached hydrogen (secondary N) is 1. The molecule has 2 N–H and O–H groups in total. The molecule has 0 atom stereocenters. The highest BCUT2D eigenvalue weighted by Gasteiger charge is 1.87. The molecule has 0 bridgehead atoms. The second kappa shape index (κ2) is 6.14. The predicted octanol–water partition coefficient (Wildman–Crippen LogP) is -0.106. The largest absolute Gasteiger partial charge is 0.478 e. The van der Waals surface area contributed by atoms with Gasteiger partial charge >= 0.3 is 11.7 Å². The van der Waals surface area contributed by atoms with E-state index in [-0.39, 0.29) is 0 Å². The van der Waals surface area contributed by atoms with Crippen LogP contribution in [0.3, 0.4) is 0 Å². The average Bonchev–Trinajstić information content (AvgIpc) is 2.19. The summed E-state index contributed by atoms with van der Waals surface area (Å²) in [5, 5.41) is 7.60. The van der Waals surface area contributed by atoms with Crippen LogP contribution in [0.2, 0.25) is 0 Å². The molecule has 0 aliphatic carbocycles. The third-order valence-corrected chi connectivity index (χ3v) is 1.22. The van der Waals surface area contributed by atoms with Gasteiger partial charge < -0.3 is 5.11 Å². The summed E-state index contributed by atoms with van der Waals surface area (Å²) in [7, 11) is 0. The van der Waals surface area contributed by atoms with Gasteiger partial charge in [0.2, 0.25) is 0 Å². The van der Waals surface area contributed by atoms with Crippen molar-refractivity contribution in [2.24, 2.45) is 0 Å². The molecule has 0 aromatic carbocycles. The van der Waals surface area contributed by atoms with Crippen molar-refractivity contribution in [3.8, 4) is 0 Å². The Morgan fingerprint density at radius 1 is 1.47 bits per heavy atom. The Morgan fingerprint density at radius 3 is 2.33 bits per heavy atom. The summed E-state index contributed by atoms with van der Waals surface area (Å²) in [6.07, 6.45) is 3.51. The number of aromatic nitrogens is 2. The Labute approximate surface area is 84.8 Å². The molecule has 0 amide bonds. The fraction of sp³-hybridized carbons (Fsp3) is 0. The zero-order valence-corrected chi connectivity index (χ0v) is 7.84. The molecule has 15 heavy (non-hydrogen) atoms. The van der Waals surface area contributed by atoms with Crippen molar-refractivity contribution in [3.63, 3.8) is 0 Å². The van der Waals surface area contributed by atoms with Crippen LogP contribution in [0.4, 0.5) is 0 Å². The molecular formula is C9H10N2O4. The SMILES string of the molecule is C=CC(=O)O.C=Cn1ccc(=O)[nH]c1=O. The minimum absolute atomic E-state index is 0.400. The van der Waals surface area contributed by atoms with Crippen LogP contribution in [0, 0.1) is 0 Å². The smallest absolute Gasteiger partial charge is 0.332 e. The van der Waals surface area contributed by atoms with E-state index in [0.29, 0.717) is 0 Å². The van der Waals surface area contributed by atoms with Crippen LogP contribution in [0.25, 0.3) is 6.20 Å². The van der Waals surface area contributed by atoms with E-state index in [0.717, 1.165) is 6.08 Å². The lowest BCUT2D eigenvalue weighted by atomic mass is 10.6. The van der Waals surface area contributed by atoms with Gasteiger partial charge in [-0.2, -0.15) is 0 Å². The molecule has 0 aliphatic heterocycles. The van der Waals surface area contributed by atoms with Crippen LogP contribution >= 0.6 is 0 Å². The highest BCUT2D eigenvalue weighted by Crippen LogP contribution is 1.71. The summed E-state index contributed by atoms with van der Waals surface area (Å²) >= 11 is 0. The number of hydrogen-bond acceptors (Lipinski definition) is 3. The summed E-state index contributed by atoms with van der Waals surface area (Å²) in [5.74, 6) is -0.981. The Balaban J connectivity index is 0.000000336. The molecule has 1 rings (SSSR count). The maximum Gasteiger partial charge on any atom is 0.332 e. The van der Waals surface area contributed by atoms with Gasteiger partial charge in [0.05, 0.1) is 0 Å². The fourth-order valence-corrected chi connectivity index (χ4v) is 0.571. The second-order valence-electron chi connectivity index (χ2n) is 2.24. The lowest BCUT2D eigenvalue weighted by Gasteiger charge is -1.91. The molecule has 80 valence electrons. The van der Waals surface area contributed by atoms with Gasteiger partial charge in [-0.25, -0.2) is 9.59 Å². The zero-order chi connectivity index (χ0) is 11.8. The number of nitrogens with zero attached hydrogens (tertiary/aromatic N) is 1. The van der Waals surface area contributed by atoms with Crippen molar-refractivity contribution in [2.75, 3.05) is 0 Å². The first-order valence-electron chi connectivity index (χ1n) is 3.80. The Bertz CT molecular complexity index is 469. The fourth-order valence-electron chi connectivity index (χ4n) is 0.571. The maximum atomic E-state index is 10.7. The molecule has 0 unspecified atom stereocenters. The van der Waals surface area contributed by atoms with Crippen LogP contribution in [-0.4, -0.2) is 20.6 Å². The van der Waals surface area contributed by atoms with Crippen molar-refractivity contribution in [2.45, 2.75) is 0 Å². The van der Waals surface area contributed by atoms with Crippen molar-refractivity contribution in [1.29, 1.82) is 0 Å². The molecule has 6 heteroatoms. The summed E-state index contributed by atoms with van der Waals surface area (Å²) < 4.78 is 1.18. The first kappa shape index (κ1) is 12.6. The number of carboxylic acid groups (broad SMARTS) is 1. The van der Waals surface area contributed by atoms with E-state index in [2.05, 4.69) is 18.1 Å². The molecule has 6 nitrogen and oxygen atoms in total. The highest BCUT2D eigenvalue weighted by atomic mass is 16.4. The summed E-state index contributed by atoms with van der Waals surface area (Å²) in [6, 6.07) is 1.25. The molecule has 0 aliphatic rings. The van der Waals surface area contributed by atoms with E-state index >= 15 is 0 Å². The van der Waals surface area contributed by atoms with Crippen molar-refractivity contribution in [1.82, 2.24) is 9.55 Å². The highest BCUT2D eigenvalue weighted by molar-refractivity contribution is 5.78. The van der Waals surface area contributed by atoms with Gasteiger partial charge in [-0.05, 0) is 0 Å². The first-order chi connectivity index (χ1) is 7.01. The Morgan fingerprint density at radius 2 is 2.00 bits per heavy atom. The summed E-state index contributed by atoms with van der Waals surface area (Å²) in [5.41, 5.74) is -0.870. The van der Waals surface area contributed by atoms with Gasteiger partial charge in [-0.1, -0.05) is 13.2 Å². The summed E-state index contributed by atoms with van der Waals surface area (Å²) in [4.78, 5) is 32.5. The van der Waals surface area contributed by atoms with Gasteiger partial charge in [-0.15, -0.1) is 0 Å². The zero-order valence-electron chi connectivity index (χ0n) is 7.84. The van der Waals surface area contributed by atoms with Crippen LogP contribution < -0.4 is 11.2 Å². The molecule has 1 aromatic rings. The Kier molecular flexibility index (Phi) is 5.17. The number of hydrogen-bond donors (Lipinski definition) is 2. The molecule has 1 heterocycles. The van der Waals surface area contributed by atoms with Crippen molar-refractivity contribution in [3.05, 3.63) is 52.3 Å². The lowest BCUT2D eigenvalue weighted by Crippen LogP contribution is -2.25. The standard InChI is InChI=1S/C6H6N2O2.C3H4O2/c1-2-8-4-3-5(9)7-6(8)10;1-2-3(4)5/h2-4H,1H2,(H,7,9,10);2H,1H2,(H,4,5). The van der Waals surface area contributed by atoms with Gasteiger partial charge in [0, 0.05) is 24.5 Å². The van der Waals surface area contributed by atoms with Gasteiger partial charge in [0.15, 0.2) is 0 Å². The van der Waals surface area contributed by atoms with Gasteiger partial charge in [-0.3, -0.25) is 14.3 Å². The van der Waals surface area contributed by atoms with Crippen LogP contribution in [0.15, 0.2) is 41.1 Å². The third-order valence-electron chi connectivity index (χ3n) is 1.22. The first-order valence-corrected chi connectivity index (χ1v) is 3.80. The van der Waals surface area contributed by atoms with Crippen LogP contribution in [0.5, 0.6) is 0 Å². The predicted molar refractivity (Wildman–Crippen MR) is 55.5 cm³/mol.